The Morgan fingerprint density at radius 1 is 0.504 bits per heavy atom. The molecule has 53 heteroatoms. The molecule has 0 spiro atoms. The van der Waals surface area contributed by atoms with E-state index in [9.17, 15) is 40.9 Å². The number of ether oxygens (including phenoxy) is 5. The van der Waals surface area contributed by atoms with Crippen LogP contribution >= 0.6 is 47.8 Å². The van der Waals surface area contributed by atoms with Crippen molar-refractivity contribution in [2.45, 2.75) is 175 Å². The van der Waals surface area contributed by atoms with Crippen LogP contribution in [0.1, 0.15) is 142 Å². The molecule has 16 rings (SSSR count). The van der Waals surface area contributed by atoms with Crippen molar-refractivity contribution in [3.8, 4) is 42.5 Å². The summed E-state index contributed by atoms with van der Waals surface area (Å²) in [5.74, 6) is 3.20. The van der Waals surface area contributed by atoms with Gasteiger partial charge >= 0.3 is 35.4 Å². The van der Waals surface area contributed by atoms with Crippen LogP contribution < -0.4 is 69.1 Å². The summed E-state index contributed by atoms with van der Waals surface area (Å²) in [5, 5.41) is 140. The van der Waals surface area contributed by atoms with Gasteiger partial charge in [-0.3, -0.25) is 19.5 Å². The van der Waals surface area contributed by atoms with E-state index in [0.29, 0.717) is 128 Å². The fourth-order valence-electron chi connectivity index (χ4n) is 15.0. The van der Waals surface area contributed by atoms with E-state index in [4.69, 9.17) is 125 Å². The molecule has 11 aromatic heterocycles. The van der Waals surface area contributed by atoms with Crippen molar-refractivity contribution < 1.29 is 138 Å². The number of allylic oxidation sites excluding steroid dienone is 1. The van der Waals surface area contributed by atoms with Crippen LogP contribution in [0, 0.1) is 195 Å². The van der Waals surface area contributed by atoms with Crippen molar-refractivity contribution in [1.29, 1.82) is 36.8 Å². The zero-order valence-electron chi connectivity index (χ0n) is 72.9. The molecule has 5 aliphatic heterocycles. The Balaban J connectivity index is 0.000000275. The van der Waals surface area contributed by atoms with Crippen molar-refractivity contribution in [3.63, 3.8) is 0 Å². The number of halogens is 3. The van der Waals surface area contributed by atoms with E-state index >= 15 is 0 Å². The third-order valence-electron chi connectivity index (χ3n) is 22.5. The fraction of sp³-hybridized carbons (Fsp3) is 0.427. The number of hydrogen-bond acceptors (Lipinski definition) is 36. The molecule has 0 aromatic carbocycles. The normalized spacial score (nSPS) is 23.8. The maximum absolute atomic E-state index is 11.8. The molecule has 20 atom stereocenters. The van der Waals surface area contributed by atoms with Gasteiger partial charge in [0.25, 0.3) is 5.56 Å². The minimum atomic E-state index is -1.31. The Bertz CT molecular complexity index is 6420. The van der Waals surface area contributed by atoms with Gasteiger partial charge in [0.15, 0.2) is 24.4 Å². The summed E-state index contributed by atoms with van der Waals surface area (Å²) in [6.45, 7) is 44.7. The Hall–Kier alpha value is -11.9. The molecule has 10 unspecified atom stereocenters. The standard InChI is InChI=1S/C15H18BrN5O.C15H19N5O.C12H13N5O4.C12H12N4O5.C8H16O2.C7H4BrN5.C6H3BrN4.C6N4.CH4.Ac.HNO2.Na/c1-4-10-7(2)8(3)15(22-10)21-12(16)9(5-17)11-13(18)19-6-20-14(11)21;1-4-11-8(2)9(3)15(21-11)20-6-10(5-16)12-13(17)18-7-19-14(12)20;13-1-5-2-17(11-7(5)10(14)15-4-16-11)12-9(20)8(19)6(3-18)21-12;13-1-5-2-16(10-7(5)11(20)15-4-14-10)12-9(19)8(18)6(3-17)21-12;1-4-7-5(2)6(3)8(9)10-7;1-10-4-3-6(9)11-2-12-7(3)13-5(4)8;1-10-4-3(2-8)6(9)11-5(4)7;1-9-6(10-2)5(3-7)4-8;;;2-1-3;/h6-8,10,15H,4H2,1-3H3,(H2,18,19,20);6-9,11,15H,4H2,1-3H3,(H2,17,18,19);2,4,6,8-9,12,18-20H,3H2,(H2,14,15,16);2,4,6,8-9,12,17-19H,3H2,(H,14,15,20);5-9H,4H2,1-3H3;2H,(H3,9,11,12,13);11H,9H2;;1H4;;1H;/q;;;;;;;;;;;+1/t7?,8?,10-,15-;8?,9?,11-,15-;2*6-,8?,9?,12-;5?,6?,7-,8-;;;;;;;/m11111......./s1. The molecule has 5 fully saturated rings. The van der Waals surface area contributed by atoms with Crippen molar-refractivity contribution in [2.24, 2.45) is 35.5 Å². The number of nitriles is 7. The number of nitrogen functional groups attached to an aromatic ring is 5. The molecule has 5 saturated heterocycles. The predicted octanol–water partition coefficient (Wildman–Crippen LogP) is 4.47. The second-order valence-electron chi connectivity index (χ2n) is 29.6. The molecular formula is C82H90AcBr3N33NaO15+. The van der Waals surface area contributed by atoms with Gasteiger partial charge in [0.2, 0.25) is 16.9 Å². The van der Waals surface area contributed by atoms with E-state index in [1.807, 2.05) is 34.3 Å². The third-order valence-corrected chi connectivity index (χ3v) is 24.4. The van der Waals surface area contributed by atoms with E-state index in [-0.39, 0.29) is 162 Å². The van der Waals surface area contributed by atoms with Crippen LogP contribution in [-0.2, 0) is 23.7 Å². The van der Waals surface area contributed by atoms with Crippen LogP contribution in [0.3, 0.4) is 0 Å². The number of rotatable bonds is 9. The summed E-state index contributed by atoms with van der Waals surface area (Å²) in [4.78, 5) is 75.9. The molecule has 0 aliphatic carbocycles. The summed E-state index contributed by atoms with van der Waals surface area (Å²) in [6, 6.07) is 12.9. The van der Waals surface area contributed by atoms with Crippen molar-refractivity contribution >= 4 is 143 Å². The van der Waals surface area contributed by atoms with Gasteiger partial charge in [0.05, 0.1) is 110 Å². The van der Waals surface area contributed by atoms with Crippen LogP contribution in [0.25, 0.3) is 74.5 Å². The van der Waals surface area contributed by atoms with Gasteiger partial charge in [0.1, 0.15) is 191 Å². The molecule has 0 bridgehead atoms. The Labute approximate surface area is 853 Å². The van der Waals surface area contributed by atoms with Gasteiger partial charge in [0, 0.05) is 85.7 Å². The second-order valence-corrected chi connectivity index (χ2v) is 31.9. The van der Waals surface area contributed by atoms with E-state index in [1.54, 1.807) is 6.20 Å². The predicted molar refractivity (Wildman–Crippen MR) is 485 cm³/mol. The van der Waals surface area contributed by atoms with Crippen molar-refractivity contribution in [1.82, 2.24) is 78.1 Å². The first-order valence-electron chi connectivity index (χ1n) is 39.6. The molecular weight excluding hydrogens is 2180 g/mol. The molecule has 1 radical (unpaired) electrons. The summed E-state index contributed by atoms with van der Waals surface area (Å²) in [5.41, 5.74) is 32.2. The molecule has 16 heterocycles. The van der Waals surface area contributed by atoms with Crippen LogP contribution in [0.5, 0.6) is 0 Å². The van der Waals surface area contributed by atoms with E-state index in [2.05, 4.69) is 195 Å². The quantitative estimate of drug-likeness (QED) is 0.0311. The first-order chi connectivity index (χ1) is 63.1. The van der Waals surface area contributed by atoms with Crippen LogP contribution in [0.15, 0.2) is 80.2 Å². The van der Waals surface area contributed by atoms with Gasteiger partial charge < -0.3 is 117 Å². The topological polar surface area (TPSA) is 756 Å². The van der Waals surface area contributed by atoms with Gasteiger partial charge in [-0.2, -0.15) is 46.5 Å². The Morgan fingerprint density at radius 3 is 1.25 bits per heavy atom. The average Bonchev–Trinajstić information content (AvgIpc) is 1.58. The zero-order chi connectivity index (χ0) is 97.7. The monoisotopic (exact) mass is 2260 g/mol. The van der Waals surface area contributed by atoms with Gasteiger partial charge in [-0.05, 0) is 84.8 Å². The van der Waals surface area contributed by atoms with Gasteiger partial charge in [-0.15, -0.1) is 0 Å². The first kappa shape index (κ1) is 114. The molecule has 5 aliphatic rings. The summed E-state index contributed by atoms with van der Waals surface area (Å²) in [7, 11) is 0. The maximum Gasteiger partial charge on any atom is 1.00 e. The van der Waals surface area contributed by atoms with E-state index in [0.717, 1.165) is 19.3 Å². The van der Waals surface area contributed by atoms with Crippen LogP contribution in [-0.4, -0.2) is 188 Å². The minimum absolute atomic E-state index is 0. The fourth-order valence-corrected chi connectivity index (χ4v) is 16.6. The summed E-state index contributed by atoms with van der Waals surface area (Å²) < 4.78 is 36.8. The molecule has 11 aromatic rings. The molecule has 0 amide bonds. The van der Waals surface area contributed by atoms with Crippen LogP contribution in [0.4, 0.5) is 40.5 Å². The molecule has 21 N–H and O–H groups in total. The van der Waals surface area contributed by atoms with E-state index in [1.165, 1.54) is 65.3 Å². The number of H-pyrrole nitrogens is 3. The Morgan fingerprint density at radius 2 is 0.881 bits per heavy atom. The van der Waals surface area contributed by atoms with Gasteiger partial charge in [-0.25, -0.2) is 54.5 Å². The SMILES string of the molecule is C.CC[C@H]1O[C@@H](O)C(C)C1C.CC[C@H]1O[C@@H](n2c(Br)c(C#N)c3c(N)ncnc32)C(C)C1C.CC[C@H]1O[C@@H](n2cc(C#N)c3c(N)ncnc32)C(C)C1C.N#Cc1cn([C@@H]2O[C@H](CO)C(O)C2O)c2nc[nH]c(=O)c12.N#Cc1cn([C@@H]2O[C@H](CO)C(O)C2O)c2ncnc(N)c12.O=[NH+][O-].[Ac].[C-]#[N+]C([N+]#[C-])=C(C#N)C#N.[C-]#[N+]c1c(Br)[nH]c(N)c1C#N.[C-]#[N+]c1c(Br)[nH]c2ncnc(N)c12.[Na+]. The zero-order valence-corrected chi connectivity index (χ0v) is 84.4. The molecule has 0 saturated carbocycles. The Kier molecular flexibility index (Phi) is 43.5. The largest absolute Gasteiger partial charge is 1.00 e. The number of hydrogen-bond donors (Lipinski definition) is 16. The number of aromatic nitrogens is 16. The minimum Gasteiger partial charge on any atom is -0.394 e. The smallest absolute Gasteiger partial charge is 0.394 e. The van der Waals surface area contributed by atoms with Crippen LogP contribution in [0.2, 0.25) is 0 Å². The van der Waals surface area contributed by atoms with Crippen molar-refractivity contribution in [3.05, 3.63) is 169 Å². The number of aliphatic hydroxyl groups is 7. The number of aliphatic hydroxyl groups excluding tert-OH is 7. The number of nitrogens with two attached hydrogens (primary N) is 5. The molecule has 48 nitrogen and oxygen atoms in total. The van der Waals surface area contributed by atoms with E-state index < -0.39 is 85.5 Å². The summed E-state index contributed by atoms with van der Waals surface area (Å²) in [6.07, 6.45) is 4.99. The molecule has 135 heavy (non-hydrogen) atoms. The average molecular weight is 2270 g/mol. The molecule has 697 valence electrons. The number of nitrogens with zero attached hydrogens (tertiary/aromatic N) is 24. The first-order valence-corrected chi connectivity index (χ1v) is 41.9. The number of aromatic amines is 3. The van der Waals surface area contributed by atoms with Crippen molar-refractivity contribution in [2.75, 3.05) is 41.9 Å². The number of fused-ring (bicyclic) bond motifs is 5. The third kappa shape index (κ3) is 24.1. The number of anilines is 5. The number of nitrogens with one attached hydrogen (secondary N) is 4. The maximum atomic E-state index is 11.8. The summed E-state index contributed by atoms with van der Waals surface area (Å²) >= 11 is 9.81. The second kappa shape index (κ2) is 51.7. The van der Waals surface area contributed by atoms with Gasteiger partial charge in [-0.1, -0.05) is 69.7 Å².